The molecule has 2 aromatic rings. The summed E-state index contributed by atoms with van der Waals surface area (Å²) >= 11 is 0. The summed E-state index contributed by atoms with van der Waals surface area (Å²) in [7, 11) is 0. The minimum absolute atomic E-state index is 0.0446. The number of nitrogens with one attached hydrogen (secondary N) is 4. The lowest BCUT2D eigenvalue weighted by Crippen LogP contribution is -2.36. The third-order valence-corrected chi connectivity index (χ3v) is 4.11. The van der Waals surface area contributed by atoms with Crippen LogP contribution in [0, 0.1) is 0 Å². The molecule has 0 aliphatic rings. The lowest BCUT2D eigenvalue weighted by molar-refractivity contribution is -0.137. The van der Waals surface area contributed by atoms with Crippen LogP contribution in [0.4, 0.5) is 23.7 Å². The van der Waals surface area contributed by atoms with Gasteiger partial charge in [0.2, 0.25) is 0 Å². The summed E-state index contributed by atoms with van der Waals surface area (Å²) in [6, 6.07) is 12.3. The van der Waals surface area contributed by atoms with Gasteiger partial charge in [-0.3, -0.25) is 0 Å². The van der Waals surface area contributed by atoms with Crippen LogP contribution in [-0.4, -0.2) is 24.6 Å². The zero-order valence-electron chi connectivity index (χ0n) is 17.8. The SMILES string of the molecule is CCNC(=NCc1cccc(C(F)(F)F)c1)NCc1ccc(NC(=O)NC(C)C)cc1. The van der Waals surface area contributed by atoms with Gasteiger partial charge in [-0.2, -0.15) is 13.2 Å². The molecule has 0 fully saturated rings. The van der Waals surface area contributed by atoms with Crippen molar-refractivity contribution >= 4 is 17.7 Å². The minimum atomic E-state index is -4.38. The van der Waals surface area contributed by atoms with E-state index in [1.807, 2.05) is 32.9 Å². The van der Waals surface area contributed by atoms with E-state index in [1.165, 1.54) is 6.07 Å². The fraction of sp³-hybridized carbons (Fsp3) is 0.364. The van der Waals surface area contributed by atoms with E-state index < -0.39 is 11.7 Å². The number of carbonyl (C=O) groups excluding carboxylic acids is 1. The number of halogens is 3. The lowest BCUT2D eigenvalue weighted by atomic mass is 10.1. The highest BCUT2D eigenvalue weighted by atomic mass is 19.4. The van der Waals surface area contributed by atoms with Gasteiger partial charge in [-0.05, 0) is 56.2 Å². The maximum absolute atomic E-state index is 12.9. The van der Waals surface area contributed by atoms with Crippen molar-refractivity contribution in [2.45, 2.75) is 46.1 Å². The fourth-order valence-electron chi connectivity index (χ4n) is 2.68. The Balaban J connectivity index is 1.95. The van der Waals surface area contributed by atoms with Crippen molar-refractivity contribution in [3.8, 4) is 0 Å². The molecule has 9 heteroatoms. The van der Waals surface area contributed by atoms with Crippen LogP contribution in [-0.2, 0) is 19.3 Å². The van der Waals surface area contributed by atoms with Gasteiger partial charge in [0.05, 0.1) is 12.1 Å². The largest absolute Gasteiger partial charge is 0.416 e. The Kier molecular flexibility index (Phi) is 8.72. The quantitative estimate of drug-likeness (QED) is 0.382. The van der Waals surface area contributed by atoms with E-state index in [-0.39, 0.29) is 18.6 Å². The number of guanidine groups is 1. The van der Waals surface area contributed by atoms with Gasteiger partial charge in [0.1, 0.15) is 0 Å². The van der Waals surface area contributed by atoms with Crippen molar-refractivity contribution in [3.05, 3.63) is 65.2 Å². The average Bonchev–Trinajstić information content (AvgIpc) is 2.70. The maximum atomic E-state index is 12.9. The van der Waals surface area contributed by atoms with E-state index in [9.17, 15) is 18.0 Å². The van der Waals surface area contributed by atoms with Gasteiger partial charge < -0.3 is 21.3 Å². The first-order valence-corrected chi connectivity index (χ1v) is 10.0. The minimum Gasteiger partial charge on any atom is -0.357 e. The van der Waals surface area contributed by atoms with Crippen LogP contribution >= 0.6 is 0 Å². The molecular formula is C22H28F3N5O. The Morgan fingerprint density at radius 2 is 1.74 bits per heavy atom. The maximum Gasteiger partial charge on any atom is 0.416 e. The van der Waals surface area contributed by atoms with E-state index in [1.54, 1.807) is 18.2 Å². The number of hydrogen-bond donors (Lipinski definition) is 4. The number of nitrogens with zero attached hydrogens (tertiary/aromatic N) is 1. The van der Waals surface area contributed by atoms with Crippen LogP contribution in [0.2, 0.25) is 0 Å². The van der Waals surface area contributed by atoms with E-state index >= 15 is 0 Å². The lowest BCUT2D eigenvalue weighted by Gasteiger charge is -2.13. The second-order valence-corrected chi connectivity index (χ2v) is 7.20. The van der Waals surface area contributed by atoms with Gasteiger partial charge in [-0.15, -0.1) is 0 Å². The molecule has 168 valence electrons. The van der Waals surface area contributed by atoms with Crippen LogP contribution in [0.15, 0.2) is 53.5 Å². The van der Waals surface area contributed by atoms with Crippen molar-refractivity contribution in [2.24, 2.45) is 4.99 Å². The van der Waals surface area contributed by atoms with E-state index in [2.05, 4.69) is 26.3 Å². The molecule has 6 nitrogen and oxygen atoms in total. The van der Waals surface area contributed by atoms with Crippen LogP contribution in [0.1, 0.15) is 37.5 Å². The molecule has 0 atom stereocenters. The number of carbonyl (C=O) groups is 1. The van der Waals surface area contributed by atoms with Crippen LogP contribution < -0.4 is 21.3 Å². The topological polar surface area (TPSA) is 77.6 Å². The molecule has 0 bridgehead atoms. The molecule has 2 rings (SSSR count). The molecule has 0 saturated heterocycles. The summed E-state index contributed by atoms with van der Waals surface area (Å²) in [5.74, 6) is 0.499. The molecule has 0 unspecified atom stereocenters. The summed E-state index contributed by atoms with van der Waals surface area (Å²) in [6.07, 6.45) is -4.38. The Morgan fingerprint density at radius 1 is 1.03 bits per heavy atom. The molecule has 0 saturated carbocycles. The number of anilines is 1. The van der Waals surface area contributed by atoms with E-state index in [4.69, 9.17) is 0 Å². The Hall–Kier alpha value is -3.23. The van der Waals surface area contributed by atoms with Gasteiger partial charge in [-0.25, -0.2) is 9.79 Å². The summed E-state index contributed by atoms with van der Waals surface area (Å²) in [5, 5.41) is 11.7. The van der Waals surface area contributed by atoms with Gasteiger partial charge in [0.15, 0.2) is 5.96 Å². The second kappa shape index (κ2) is 11.2. The third-order valence-electron chi connectivity index (χ3n) is 4.11. The molecule has 0 aliphatic carbocycles. The summed E-state index contributed by atoms with van der Waals surface area (Å²) in [6.45, 7) is 6.86. The molecule has 0 heterocycles. The number of benzene rings is 2. The van der Waals surface area contributed by atoms with Crippen molar-refractivity contribution in [1.82, 2.24) is 16.0 Å². The van der Waals surface area contributed by atoms with E-state index in [0.717, 1.165) is 17.7 Å². The van der Waals surface area contributed by atoms with Crippen LogP contribution in [0.5, 0.6) is 0 Å². The molecule has 0 spiro atoms. The highest BCUT2D eigenvalue weighted by Crippen LogP contribution is 2.29. The molecular weight excluding hydrogens is 407 g/mol. The second-order valence-electron chi connectivity index (χ2n) is 7.20. The van der Waals surface area contributed by atoms with Crippen LogP contribution in [0.3, 0.4) is 0 Å². The van der Waals surface area contributed by atoms with E-state index in [0.29, 0.717) is 30.3 Å². The predicted molar refractivity (Wildman–Crippen MR) is 117 cm³/mol. The standard InChI is InChI=1S/C22H28F3N5O/c1-4-26-20(28-14-17-6-5-7-18(12-17)22(23,24)25)27-13-16-8-10-19(11-9-16)30-21(31)29-15(2)3/h5-12,15H,4,13-14H2,1-3H3,(H2,26,27,28)(H2,29,30,31). The van der Waals surface area contributed by atoms with Crippen molar-refractivity contribution in [2.75, 3.05) is 11.9 Å². The summed E-state index contributed by atoms with van der Waals surface area (Å²) < 4.78 is 38.6. The first-order chi connectivity index (χ1) is 14.7. The number of urea groups is 1. The highest BCUT2D eigenvalue weighted by molar-refractivity contribution is 5.89. The van der Waals surface area contributed by atoms with Crippen molar-refractivity contribution < 1.29 is 18.0 Å². The summed E-state index contributed by atoms with van der Waals surface area (Å²) in [4.78, 5) is 16.1. The normalized spacial score (nSPS) is 11.9. The number of hydrogen-bond acceptors (Lipinski definition) is 2. The zero-order valence-corrected chi connectivity index (χ0v) is 17.8. The Bertz CT molecular complexity index is 879. The highest BCUT2D eigenvalue weighted by Gasteiger charge is 2.30. The zero-order chi connectivity index (χ0) is 22.9. The number of amides is 2. The average molecular weight is 435 g/mol. The molecule has 2 aromatic carbocycles. The van der Waals surface area contributed by atoms with Gasteiger partial charge in [0.25, 0.3) is 0 Å². The number of aliphatic imine (C=N–C) groups is 1. The Morgan fingerprint density at radius 3 is 2.35 bits per heavy atom. The summed E-state index contributed by atoms with van der Waals surface area (Å²) in [5.41, 5.74) is 1.42. The molecule has 0 radical (unpaired) electrons. The number of rotatable bonds is 7. The predicted octanol–water partition coefficient (Wildman–Crippen LogP) is 4.49. The molecule has 31 heavy (non-hydrogen) atoms. The van der Waals surface area contributed by atoms with Crippen molar-refractivity contribution in [1.29, 1.82) is 0 Å². The first kappa shape index (κ1) is 24.0. The molecule has 4 N–H and O–H groups in total. The smallest absolute Gasteiger partial charge is 0.357 e. The van der Waals surface area contributed by atoms with Crippen molar-refractivity contribution in [3.63, 3.8) is 0 Å². The third kappa shape index (κ3) is 8.57. The fourth-order valence-corrected chi connectivity index (χ4v) is 2.68. The monoisotopic (exact) mass is 435 g/mol. The first-order valence-electron chi connectivity index (χ1n) is 10.0. The van der Waals surface area contributed by atoms with Crippen LogP contribution in [0.25, 0.3) is 0 Å². The Labute approximate surface area is 180 Å². The molecule has 0 aromatic heterocycles. The van der Waals surface area contributed by atoms with Gasteiger partial charge in [0, 0.05) is 24.8 Å². The van der Waals surface area contributed by atoms with Gasteiger partial charge >= 0.3 is 12.2 Å². The van der Waals surface area contributed by atoms with Gasteiger partial charge in [-0.1, -0.05) is 24.3 Å². The molecule has 0 aliphatic heterocycles. The number of alkyl halides is 3. The molecule has 2 amide bonds.